The number of thiophene rings is 1. The maximum Gasteiger partial charge on any atom is 0.256 e. The molecule has 1 amide bonds. The summed E-state index contributed by atoms with van der Waals surface area (Å²) in [6.07, 6.45) is 5.44. The van der Waals surface area contributed by atoms with Gasteiger partial charge in [-0.05, 0) is 49.4 Å². The van der Waals surface area contributed by atoms with E-state index in [1.807, 2.05) is 12.1 Å². The monoisotopic (exact) mass is 353 g/mol. The molecule has 0 atom stereocenters. The van der Waals surface area contributed by atoms with Crippen molar-refractivity contribution in [2.45, 2.75) is 32.1 Å². The molecule has 0 unspecified atom stereocenters. The van der Waals surface area contributed by atoms with Crippen molar-refractivity contribution in [2.24, 2.45) is 0 Å². The molecule has 4 nitrogen and oxygen atoms in total. The maximum atomic E-state index is 12.6. The lowest BCUT2D eigenvalue weighted by Crippen LogP contribution is -2.11. The highest BCUT2D eigenvalue weighted by atomic mass is 32.1. The molecule has 2 aromatic heterocycles. The number of benzene rings is 1. The van der Waals surface area contributed by atoms with Gasteiger partial charge in [-0.3, -0.25) is 4.79 Å². The van der Waals surface area contributed by atoms with Gasteiger partial charge in [0, 0.05) is 10.4 Å². The van der Waals surface area contributed by atoms with E-state index in [-0.39, 0.29) is 5.91 Å². The smallest absolute Gasteiger partial charge is 0.256 e. The van der Waals surface area contributed by atoms with Crippen molar-refractivity contribution < 1.29 is 4.79 Å². The van der Waals surface area contributed by atoms with E-state index in [2.05, 4.69) is 16.4 Å². The van der Waals surface area contributed by atoms with Gasteiger partial charge in [0.05, 0.1) is 21.3 Å². The molecule has 0 fully saturated rings. The van der Waals surface area contributed by atoms with Crippen LogP contribution in [0.1, 0.15) is 45.6 Å². The van der Waals surface area contributed by atoms with Crippen LogP contribution in [0.15, 0.2) is 23.7 Å². The molecule has 1 aliphatic carbocycles. The average Bonchev–Trinajstić information content (AvgIpc) is 3.11. The molecule has 120 valence electrons. The largest absolute Gasteiger partial charge is 0.312 e. The minimum absolute atomic E-state index is 0.168. The Bertz CT molecular complexity index is 964. The molecule has 0 bridgehead atoms. The van der Waals surface area contributed by atoms with E-state index in [4.69, 9.17) is 0 Å². The van der Waals surface area contributed by atoms with Crippen LogP contribution in [-0.4, -0.2) is 10.9 Å². The number of nitrogens with zero attached hydrogens (tertiary/aromatic N) is 2. The third kappa shape index (κ3) is 2.70. The number of thiazole rings is 1. The summed E-state index contributed by atoms with van der Waals surface area (Å²) in [6, 6.07) is 7.79. The van der Waals surface area contributed by atoms with Crippen LogP contribution in [0.5, 0.6) is 0 Å². The van der Waals surface area contributed by atoms with Gasteiger partial charge >= 0.3 is 0 Å². The van der Waals surface area contributed by atoms with E-state index in [9.17, 15) is 10.1 Å². The number of amides is 1. The normalized spacial score (nSPS) is 14.0. The fraction of sp³-hybridized carbons (Fsp3) is 0.278. The van der Waals surface area contributed by atoms with E-state index in [0.717, 1.165) is 41.5 Å². The fourth-order valence-corrected chi connectivity index (χ4v) is 5.07. The first kappa shape index (κ1) is 15.3. The molecule has 0 aliphatic heterocycles. The van der Waals surface area contributed by atoms with Gasteiger partial charge < -0.3 is 5.32 Å². The molecule has 1 aliphatic rings. The van der Waals surface area contributed by atoms with Crippen LogP contribution < -0.4 is 5.32 Å². The van der Waals surface area contributed by atoms with Gasteiger partial charge in [-0.1, -0.05) is 6.42 Å². The Morgan fingerprint density at radius 2 is 2.12 bits per heavy atom. The number of hydrogen-bond donors (Lipinski definition) is 1. The number of rotatable bonds is 2. The zero-order valence-corrected chi connectivity index (χ0v) is 14.6. The Balaban J connectivity index is 1.65. The topological polar surface area (TPSA) is 65.8 Å². The number of fused-ring (bicyclic) bond motifs is 2. The van der Waals surface area contributed by atoms with E-state index >= 15 is 0 Å². The maximum absolute atomic E-state index is 12.6. The highest BCUT2D eigenvalue weighted by molar-refractivity contribution is 7.17. The molecule has 0 radical (unpaired) electrons. The number of aromatic nitrogens is 1. The molecule has 24 heavy (non-hydrogen) atoms. The van der Waals surface area contributed by atoms with Crippen molar-refractivity contribution in [3.8, 4) is 6.07 Å². The second-order valence-corrected chi connectivity index (χ2v) is 7.86. The van der Waals surface area contributed by atoms with Crippen LogP contribution in [0.4, 0.5) is 5.00 Å². The average molecular weight is 353 g/mol. The zero-order valence-electron chi connectivity index (χ0n) is 13.0. The van der Waals surface area contributed by atoms with Crippen LogP contribution in [0.2, 0.25) is 0 Å². The molecule has 1 aromatic carbocycles. The molecule has 0 spiro atoms. The number of nitrogens with one attached hydrogen (secondary N) is 1. The van der Waals surface area contributed by atoms with Crippen LogP contribution >= 0.6 is 22.7 Å². The molecular weight excluding hydrogens is 338 g/mol. The van der Waals surface area contributed by atoms with Crippen LogP contribution in [-0.2, 0) is 12.8 Å². The summed E-state index contributed by atoms with van der Waals surface area (Å²) in [6.45, 7) is 0. The number of nitriles is 1. The first-order valence-corrected chi connectivity index (χ1v) is 9.65. The third-order valence-electron chi connectivity index (χ3n) is 4.35. The minimum atomic E-state index is -0.168. The minimum Gasteiger partial charge on any atom is -0.312 e. The predicted octanol–water partition coefficient (Wildman–Crippen LogP) is 4.75. The Kier molecular flexibility index (Phi) is 4.05. The lowest BCUT2D eigenvalue weighted by Gasteiger charge is -2.04. The SMILES string of the molecule is N#Cc1c(NC(=O)c2ccc3ncsc3c2)sc2c1CCCCC2. The van der Waals surface area contributed by atoms with Gasteiger partial charge in [0.15, 0.2) is 0 Å². The molecule has 2 heterocycles. The van der Waals surface area contributed by atoms with Gasteiger partial charge in [-0.15, -0.1) is 22.7 Å². The lowest BCUT2D eigenvalue weighted by molar-refractivity contribution is 0.102. The summed E-state index contributed by atoms with van der Waals surface area (Å²) < 4.78 is 0.991. The third-order valence-corrected chi connectivity index (χ3v) is 6.35. The van der Waals surface area contributed by atoms with E-state index in [0.29, 0.717) is 16.1 Å². The summed E-state index contributed by atoms with van der Waals surface area (Å²) >= 11 is 3.08. The lowest BCUT2D eigenvalue weighted by atomic mass is 10.1. The first-order chi connectivity index (χ1) is 11.8. The van der Waals surface area contributed by atoms with E-state index in [1.54, 1.807) is 22.9 Å². The molecule has 3 aromatic rings. The second-order valence-electron chi connectivity index (χ2n) is 5.87. The summed E-state index contributed by atoms with van der Waals surface area (Å²) in [5, 5.41) is 13.2. The van der Waals surface area contributed by atoms with Gasteiger partial charge in [0.25, 0.3) is 5.91 Å². The van der Waals surface area contributed by atoms with Crippen molar-refractivity contribution in [3.05, 3.63) is 45.3 Å². The molecule has 1 N–H and O–H groups in total. The summed E-state index contributed by atoms with van der Waals surface area (Å²) in [5.41, 5.74) is 5.07. The standard InChI is InChI=1S/C18H15N3OS2/c19-9-13-12-4-2-1-3-5-15(12)24-18(13)21-17(22)11-6-7-14-16(8-11)23-10-20-14/h6-8,10H,1-5H2,(H,21,22). The van der Waals surface area contributed by atoms with Crippen molar-refractivity contribution >= 4 is 43.8 Å². The van der Waals surface area contributed by atoms with Crippen molar-refractivity contribution in [1.82, 2.24) is 4.98 Å². The Hall–Kier alpha value is -2.23. The van der Waals surface area contributed by atoms with Crippen molar-refractivity contribution in [3.63, 3.8) is 0 Å². The fourth-order valence-electron chi connectivity index (χ4n) is 3.12. The van der Waals surface area contributed by atoms with Crippen LogP contribution in [0.25, 0.3) is 10.2 Å². The number of anilines is 1. The van der Waals surface area contributed by atoms with E-state index < -0.39 is 0 Å². The van der Waals surface area contributed by atoms with Crippen molar-refractivity contribution in [2.75, 3.05) is 5.32 Å². The number of carbonyl (C=O) groups is 1. The first-order valence-electron chi connectivity index (χ1n) is 7.95. The summed E-state index contributed by atoms with van der Waals surface area (Å²) in [5.74, 6) is -0.168. The molecular formula is C18H15N3OS2. The predicted molar refractivity (Wildman–Crippen MR) is 97.9 cm³/mol. The summed E-state index contributed by atoms with van der Waals surface area (Å²) in [7, 11) is 0. The van der Waals surface area contributed by atoms with Gasteiger partial charge in [-0.2, -0.15) is 5.26 Å². The van der Waals surface area contributed by atoms with Crippen molar-refractivity contribution in [1.29, 1.82) is 5.26 Å². The molecule has 4 rings (SSSR count). The number of aryl methyl sites for hydroxylation is 1. The Morgan fingerprint density at radius 3 is 3.00 bits per heavy atom. The molecule has 0 saturated heterocycles. The van der Waals surface area contributed by atoms with Crippen LogP contribution in [0, 0.1) is 11.3 Å². The Labute approximate surface area is 147 Å². The highest BCUT2D eigenvalue weighted by Gasteiger charge is 2.21. The number of hydrogen-bond acceptors (Lipinski definition) is 5. The quantitative estimate of drug-likeness (QED) is 0.676. The van der Waals surface area contributed by atoms with Crippen LogP contribution in [0.3, 0.4) is 0 Å². The van der Waals surface area contributed by atoms with Gasteiger partial charge in [-0.25, -0.2) is 4.98 Å². The Morgan fingerprint density at radius 1 is 1.25 bits per heavy atom. The second kappa shape index (κ2) is 6.34. The summed E-state index contributed by atoms with van der Waals surface area (Å²) in [4.78, 5) is 18.1. The van der Waals surface area contributed by atoms with Gasteiger partial charge in [0.2, 0.25) is 0 Å². The highest BCUT2D eigenvalue weighted by Crippen LogP contribution is 2.37. The molecule has 6 heteroatoms. The molecule has 0 saturated carbocycles. The zero-order chi connectivity index (χ0) is 16.5. The van der Waals surface area contributed by atoms with Gasteiger partial charge in [0.1, 0.15) is 11.1 Å². The van der Waals surface area contributed by atoms with E-state index in [1.165, 1.54) is 22.6 Å². The number of carbonyl (C=O) groups excluding carboxylic acids is 1.